The fourth-order valence-electron chi connectivity index (χ4n) is 2.87. The number of hydrogen-bond donors (Lipinski definition) is 0. The van der Waals surface area contributed by atoms with Crippen LogP contribution in [0.25, 0.3) is 0 Å². The molecule has 6 nitrogen and oxygen atoms in total. The molecule has 0 bridgehead atoms. The van der Waals surface area contributed by atoms with Crippen molar-refractivity contribution in [2.45, 2.75) is 20.1 Å². The van der Waals surface area contributed by atoms with Crippen LogP contribution in [0.1, 0.15) is 21.7 Å². The second kappa shape index (κ2) is 6.59. The predicted molar refractivity (Wildman–Crippen MR) is 93.6 cm³/mol. The number of benzene rings is 1. The topological polar surface area (TPSA) is 60.3 Å². The van der Waals surface area contributed by atoms with Crippen LogP contribution in [0.3, 0.4) is 0 Å². The average molecular weight is 352 g/mol. The lowest BCUT2D eigenvalue weighted by Crippen LogP contribution is -2.41. The normalized spacial score (nSPS) is 13.6. The molecule has 1 amide bonds. The van der Waals surface area contributed by atoms with Gasteiger partial charge in [-0.3, -0.25) is 14.4 Å². The third-order valence-electron chi connectivity index (χ3n) is 4.27. The Morgan fingerprint density at radius 1 is 1.15 bits per heavy atom. The van der Waals surface area contributed by atoms with Crippen molar-refractivity contribution in [3.63, 3.8) is 0 Å². The molecule has 1 aromatic carbocycles. The Labute approximate surface area is 149 Å². The van der Waals surface area contributed by atoms with Crippen molar-refractivity contribution in [2.24, 2.45) is 0 Å². The van der Waals surface area contributed by atoms with Gasteiger partial charge in [0.2, 0.25) is 5.88 Å². The van der Waals surface area contributed by atoms with Crippen molar-refractivity contribution >= 4 is 11.7 Å². The van der Waals surface area contributed by atoms with E-state index >= 15 is 0 Å². The Balaban J connectivity index is 1.53. The maximum absolute atomic E-state index is 13.4. The lowest BCUT2D eigenvalue weighted by atomic mass is 10.2. The highest BCUT2D eigenvalue weighted by atomic mass is 19.1. The summed E-state index contributed by atoms with van der Waals surface area (Å²) < 4.78 is 20.8. The molecule has 0 spiro atoms. The van der Waals surface area contributed by atoms with Crippen molar-refractivity contribution in [1.29, 1.82) is 0 Å². The number of ether oxygens (including phenoxy) is 1. The van der Waals surface area contributed by atoms with Gasteiger partial charge in [-0.2, -0.15) is 0 Å². The molecule has 0 unspecified atom stereocenters. The molecule has 0 radical (unpaired) electrons. The number of carbonyl (C=O) groups is 1. The van der Waals surface area contributed by atoms with Crippen LogP contribution < -0.4 is 9.64 Å². The quantitative estimate of drug-likeness (QED) is 0.724. The number of aryl methyl sites for hydroxylation is 1. The molecule has 0 saturated heterocycles. The summed E-state index contributed by atoms with van der Waals surface area (Å²) in [6.07, 6.45) is 0. The van der Waals surface area contributed by atoms with Gasteiger partial charge in [-0.15, -0.1) is 5.10 Å². The van der Waals surface area contributed by atoms with E-state index in [1.807, 2.05) is 30.3 Å². The van der Waals surface area contributed by atoms with Crippen LogP contribution in [0.5, 0.6) is 5.88 Å². The number of hydrogen-bond acceptors (Lipinski definition) is 4. The molecular formula is C19H17FN4O2. The van der Waals surface area contributed by atoms with Crippen LogP contribution in [0.15, 0.2) is 48.5 Å². The van der Waals surface area contributed by atoms with Crippen LogP contribution in [-0.2, 0) is 13.2 Å². The monoisotopic (exact) mass is 352 g/mol. The van der Waals surface area contributed by atoms with Gasteiger partial charge >= 0.3 is 0 Å². The molecule has 26 heavy (non-hydrogen) atoms. The molecule has 0 saturated carbocycles. The molecule has 1 aliphatic rings. The Hall–Kier alpha value is -3.22. The lowest BCUT2D eigenvalue weighted by Gasteiger charge is -2.26. The second-order valence-corrected chi connectivity index (χ2v) is 6.06. The first-order chi connectivity index (χ1) is 12.6. The lowest BCUT2D eigenvalue weighted by molar-refractivity contribution is 0.0961. The fourth-order valence-corrected chi connectivity index (χ4v) is 2.87. The van der Waals surface area contributed by atoms with E-state index in [4.69, 9.17) is 4.74 Å². The van der Waals surface area contributed by atoms with E-state index in [0.717, 1.165) is 5.56 Å². The van der Waals surface area contributed by atoms with E-state index < -0.39 is 0 Å². The van der Waals surface area contributed by atoms with Crippen molar-refractivity contribution < 1.29 is 13.9 Å². The van der Waals surface area contributed by atoms with E-state index in [0.29, 0.717) is 37.1 Å². The maximum Gasteiger partial charge on any atom is 0.277 e. The number of fused-ring (bicyclic) bond motifs is 1. The molecule has 0 fully saturated rings. The fraction of sp³-hybridized carbons (Fsp3) is 0.211. The summed E-state index contributed by atoms with van der Waals surface area (Å²) in [7, 11) is 0. The molecule has 0 aliphatic carbocycles. The molecule has 4 rings (SSSR count). The standard InChI is InChI=1S/C19H17FN4O2/c1-13-15(20)7-8-17(21-13)23-9-10-24-16(19(23)25)11-18(22-24)26-12-14-5-3-2-4-6-14/h2-8,11H,9-10,12H2,1H3. The molecule has 1 aliphatic heterocycles. The van der Waals surface area contributed by atoms with Gasteiger partial charge in [0.05, 0.1) is 12.2 Å². The Morgan fingerprint density at radius 2 is 1.96 bits per heavy atom. The van der Waals surface area contributed by atoms with Gasteiger partial charge in [-0.1, -0.05) is 30.3 Å². The minimum absolute atomic E-state index is 0.225. The van der Waals surface area contributed by atoms with E-state index in [-0.39, 0.29) is 17.4 Å². The summed E-state index contributed by atoms with van der Waals surface area (Å²) in [5.41, 5.74) is 1.72. The summed E-state index contributed by atoms with van der Waals surface area (Å²) in [6, 6.07) is 14.2. The number of carbonyl (C=O) groups excluding carboxylic acids is 1. The van der Waals surface area contributed by atoms with E-state index in [2.05, 4.69) is 10.1 Å². The third kappa shape index (κ3) is 3.03. The maximum atomic E-state index is 13.4. The Kier molecular flexibility index (Phi) is 4.12. The summed E-state index contributed by atoms with van der Waals surface area (Å²) in [4.78, 5) is 18.5. The first-order valence-corrected chi connectivity index (χ1v) is 8.31. The second-order valence-electron chi connectivity index (χ2n) is 6.06. The zero-order valence-electron chi connectivity index (χ0n) is 14.2. The van der Waals surface area contributed by atoms with Crippen LogP contribution in [0.2, 0.25) is 0 Å². The molecule has 3 heterocycles. The van der Waals surface area contributed by atoms with E-state index in [1.54, 1.807) is 17.7 Å². The average Bonchev–Trinajstić information content (AvgIpc) is 3.08. The molecule has 132 valence electrons. The van der Waals surface area contributed by atoms with Crippen molar-refractivity contribution in [2.75, 3.05) is 11.4 Å². The predicted octanol–water partition coefficient (Wildman–Crippen LogP) is 2.97. The smallest absolute Gasteiger partial charge is 0.277 e. The number of pyridine rings is 1. The molecule has 0 atom stereocenters. The van der Waals surface area contributed by atoms with Crippen molar-refractivity contribution in [3.8, 4) is 5.88 Å². The largest absolute Gasteiger partial charge is 0.472 e. The summed E-state index contributed by atoms with van der Waals surface area (Å²) in [5, 5.41) is 4.34. The summed E-state index contributed by atoms with van der Waals surface area (Å²) in [6.45, 7) is 2.90. The third-order valence-corrected chi connectivity index (χ3v) is 4.27. The van der Waals surface area contributed by atoms with Gasteiger partial charge in [0.1, 0.15) is 23.9 Å². The Bertz CT molecular complexity index is 955. The zero-order valence-corrected chi connectivity index (χ0v) is 14.2. The van der Waals surface area contributed by atoms with Gasteiger partial charge in [0, 0.05) is 12.6 Å². The SMILES string of the molecule is Cc1nc(N2CCn3nc(OCc4ccccc4)cc3C2=O)ccc1F. The van der Waals surface area contributed by atoms with Crippen LogP contribution in [0, 0.1) is 12.7 Å². The minimum atomic E-state index is -0.389. The number of halogens is 1. The van der Waals surface area contributed by atoms with E-state index in [9.17, 15) is 9.18 Å². The first-order valence-electron chi connectivity index (χ1n) is 8.31. The van der Waals surface area contributed by atoms with Crippen LogP contribution in [-0.4, -0.2) is 27.2 Å². The number of rotatable bonds is 4. The highest BCUT2D eigenvalue weighted by Crippen LogP contribution is 2.23. The van der Waals surface area contributed by atoms with Crippen molar-refractivity contribution in [1.82, 2.24) is 14.8 Å². The molecule has 7 heteroatoms. The molecule has 2 aromatic heterocycles. The van der Waals surface area contributed by atoms with Gasteiger partial charge in [-0.05, 0) is 24.6 Å². The summed E-state index contributed by atoms with van der Waals surface area (Å²) in [5.74, 6) is 0.229. The van der Waals surface area contributed by atoms with E-state index in [1.165, 1.54) is 17.0 Å². The van der Waals surface area contributed by atoms with Gasteiger partial charge in [0.25, 0.3) is 5.91 Å². The number of amides is 1. The molecule has 0 N–H and O–H groups in total. The highest BCUT2D eigenvalue weighted by Gasteiger charge is 2.29. The van der Waals surface area contributed by atoms with Crippen LogP contribution >= 0.6 is 0 Å². The van der Waals surface area contributed by atoms with Gasteiger partial charge in [-0.25, -0.2) is 9.37 Å². The van der Waals surface area contributed by atoms with Crippen LogP contribution in [0.4, 0.5) is 10.2 Å². The zero-order chi connectivity index (χ0) is 18.1. The highest BCUT2D eigenvalue weighted by molar-refractivity contribution is 6.05. The molecular weight excluding hydrogens is 335 g/mol. The minimum Gasteiger partial charge on any atom is -0.472 e. The first kappa shape index (κ1) is 16.3. The van der Waals surface area contributed by atoms with Crippen molar-refractivity contribution in [3.05, 3.63) is 71.3 Å². The number of aromatic nitrogens is 3. The van der Waals surface area contributed by atoms with Gasteiger partial charge in [0.15, 0.2) is 0 Å². The molecule has 3 aromatic rings. The Morgan fingerprint density at radius 3 is 2.73 bits per heavy atom. The number of anilines is 1. The van der Waals surface area contributed by atoms with Gasteiger partial charge < -0.3 is 4.74 Å². The number of nitrogens with zero attached hydrogens (tertiary/aromatic N) is 4. The summed E-state index contributed by atoms with van der Waals surface area (Å²) >= 11 is 0.